The van der Waals surface area contributed by atoms with E-state index in [4.69, 9.17) is 9.84 Å². The van der Waals surface area contributed by atoms with Crippen LogP contribution in [0.15, 0.2) is 24.3 Å². The Bertz CT molecular complexity index is 378. The molecule has 0 bridgehead atoms. The number of hydrogen-bond acceptors (Lipinski definition) is 2. The van der Waals surface area contributed by atoms with E-state index in [0.29, 0.717) is 13.0 Å². The van der Waals surface area contributed by atoms with E-state index < -0.39 is 6.09 Å². The van der Waals surface area contributed by atoms with Crippen LogP contribution in [0.4, 0.5) is 4.79 Å². The highest BCUT2D eigenvalue weighted by atomic mass is 16.5. The minimum Gasteiger partial charge on any atom is -0.493 e. The average Bonchev–Trinajstić information content (AvgIpc) is 2.27. The third kappa shape index (κ3) is 1.75. The van der Waals surface area contributed by atoms with Crippen molar-refractivity contribution < 1.29 is 14.6 Å². The maximum atomic E-state index is 10.9. The van der Waals surface area contributed by atoms with E-state index >= 15 is 0 Å². The predicted octanol–water partition coefficient (Wildman–Crippen LogP) is 2.12. The molecule has 0 spiro atoms. The SMILES string of the molecule is CN(C(=O)O)[C@H]1CCOc2ccccc21. The Kier molecular flexibility index (Phi) is 2.49. The molecule has 1 aromatic carbocycles. The van der Waals surface area contributed by atoms with Crippen LogP contribution < -0.4 is 4.74 Å². The molecule has 0 saturated heterocycles. The summed E-state index contributed by atoms with van der Waals surface area (Å²) >= 11 is 0. The lowest BCUT2D eigenvalue weighted by molar-refractivity contribution is 0.121. The van der Waals surface area contributed by atoms with Gasteiger partial charge in [-0.2, -0.15) is 0 Å². The van der Waals surface area contributed by atoms with Crippen molar-refractivity contribution >= 4 is 6.09 Å². The van der Waals surface area contributed by atoms with Crippen molar-refractivity contribution in [2.24, 2.45) is 0 Å². The molecule has 0 radical (unpaired) electrons. The summed E-state index contributed by atoms with van der Waals surface area (Å²) in [6.45, 7) is 0.569. The first-order valence-corrected chi connectivity index (χ1v) is 4.87. The quantitative estimate of drug-likeness (QED) is 0.767. The zero-order valence-corrected chi connectivity index (χ0v) is 8.51. The monoisotopic (exact) mass is 207 g/mol. The summed E-state index contributed by atoms with van der Waals surface area (Å²) in [5.41, 5.74) is 0.952. The summed E-state index contributed by atoms with van der Waals surface area (Å²) < 4.78 is 5.46. The number of carboxylic acid groups (broad SMARTS) is 1. The van der Waals surface area contributed by atoms with E-state index in [2.05, 4.69) is 0 Å². The van der Waals surface area contributed by atoms with Crippen molar-refractivity contribution in [1.82, 2.24) is 4.90 Å². The van der Waals surface area contributed by atoms with E-state index in [0.717, 1.165) is 11.3 Å². The molecule has 1 atom stereocenters. The molecule has 0 saturated carbocycles. The van der Waals surface area contributed by atoms with Crippen LogP contribution in [0.5, 0.6) is 5.75 Å². The maximum Gasteiger partial charge on any atom is 0.407 e. The van der Waals surface area contributed by atoms with Gasteiger partial charge in [-0.05, 0) is 6.07 Å². The van der Waals surface area contributed by atoms with Gasteiger partial charge in [0, 0.05) is 19.0 Å². The van der Waals surface area contributed by atoms with Gasteiger partial charge in [0.25, 0.3) is 0 Å². The van der Waals surface area contributed by atoms with Gasteiger partial charge in [0.1, 0.15) is 5.75 Å². The lowest BCUT2D eigenvalue weighted by Gasteiger charge is -2.31. The topological polar surface area (TPSA) is 49.8 Å². The van der Waals surface area contributed by atoms with Crippen LogP contribution in [0.25, 0.3) is 0 Å². The summed E-state index contributed by atoms with van der Waals surface area (Å²) in [7, 11) is 1.59. The second kappa shape index (κ2) is 3.81. The number of fused-ring (bicyclic) bond motifs is 1. The average molecular weight is 207 g/mol. The zero-order chi connectivity index (χ0) is 10.8. The number of benzene rings is 1. The number of ether oxygens (including phenoxy) is 1. The zero-order valence-electron chi connectivity index (χ0n) is 8.51. The van der Waals surface area contributed by atoms with Gasteiger partial charge < -0.3 is 14.7 Å². The van der Waals surface area contributed by atoms with E-state index in [1.807, 2.05) is 24.3 Å². The fraction of sp³-hybridized carbons (Fsp3) is 0.364. The molecule has 1 aliphatic rings. The fourth-order valence-electron chi connectivity index (χ4n) is 1.86. The summed E-state index contributed by atoms with van der Waals surface area (Å²) in [6, 6.07) is 7.49. The Morgan fingerprint density at radius 1 is 1.53 bits per heavy atom. The number of para-hydroxylation sites is 1. The van der Waals surface area contributed by atoms with Gasteiger partial charge in [-0.25, -0.2) is 4.79 Å². The Balaban J connectivity index is 2.33. The van der Waals surface area contributed by atoms with Crippen LogP contribution in [-0.2, 0) is 0 Å². The van der Waals surface area contributed by atoms with Crippen LogP contribution in [0.2, 0.25) is 0 Å². The van der Waals surface area contributed by atoms with Gasteiger partial charge in [-0.15, -0.1) is 0 Å². The Morgan fingerprint density at radius 3 is 3.00 bits per heavy atom. The third-order valence-corrected chi connectivity index (χ3v) is 2.70. The molecule has 0 aliphatic carbocycles. The molecule has 80 valence electrons. The highest BCUT2D eigenvalue weighted by Gasteiger charge is 2.26. The first kappa shape index (κ1) is 9.83. The van der Waals surface area contributed by atoms with E-state index in [1.165, 1.54) is 4.90 Å². The summed E-state index contributed by atoms with van der Waals surface area (Å²) in [5, 5.41) is 8.94. The van der Waals surface area contributed by atoms with Gasteiger partial charge in [-0.3, -0.25) is 0 Å². The molecule has 1 aliphatic heterocycles. The van der Waals surface area contributed by atoms with Crippen molar-refractivity contribution in [3.8, 4) is 5.75 Å². The summed E-state index contributed by atoms with van der Waals surface area (Å²) in [4.78, 5) is 12.2. The van der Waals surface area contributed by atoms with Crippen molar-refractivity contribution in [2.45, 2.75) is 12.5 Å². The Morgan fingerprint density at radius 2 is 2.27 bits per heavy atom. The molecule has 0 aromatic heterocycles. The Hall–Kier alpha value is -1.71. The number of rotatable bonds is 1. The highest BCUT2D eigenvalue weighted by Crippen LogP contribution is 2.34. The molecule has 0 fully saturated rings. The van der Waals surface area contributed by atoms with Crippen molar-refractivity contribution in [3.05, 3.63) is 29.8 Å². The van der Waals surface area contributed by atoms with Crippen LogP contribution in [0.1, 0.15) is 18.0 Å². The number of nitrogens with zero attached hydrogens (tertiary/aromatic N) is 1. The van der Waals surface area contributed by atoms with Crippen molar-refractivity contribution in [1.29, 1.82) is 0 Å². The van der Waals surface area contributed by atoms with Crippen molar-refractivity contribution in [2.75, 3.05) is 13.7 Å². The molecular weight excluding hydrogens is 194 g/mol. The molecule has 2 rings (SSSR count). The lowest BCUT2D eigenvalue weighted by Crippen LogP contribution is -2.33. The lowest BCUT2D eigenvalue weighted by atomic mass is 10.00. The molecule has 1 N–H and O–H groups in total. The van der Waals surface area contributed by atoms with Crippen LogP contribution in [0.3, 0.4) is 0 Å². The van der Waals surface area contributed by atoms with Crippen molar-refractivity contribution in [3.63, 3.8) is 0 Å². The van der Waals surface area contributed by atoms with Gasteiger partial charge >= 0.3 is 6.09 Å². The van der Waals surface area contributed by atoms with E-state index in [-0.39, 0.29) is 6.04 Å². The van der Waals surface area contributed by atoms with Crippen LogP contribution in [0, 0.1) is 0 Å². The normalized spacial score (nSPS) is 18.9. The molecule has 1 aromatic rings. The molecule has 4 heteroatoms. The number of amides is 1. The minimum absolute atomic E-state index is 0.0903. The minimum atomic E-state index is -0.906. The standard InChI is InChI=1S/C11H13NO3/c1-12(11(13)14)9-6-7-15-10-5-3-2-4-8(9)10/h2-5,9H,6-7H2,1H3,(H,13,14)/t9-/m0/s1. The molecule has 4 nitrogen and oxygen atoms in total. The van der Waals surface area contributed by atoms with Crippen LogP contribution >= 0.6 is 0 Å². The summed E-state index contributed by atoms with van der Waals surface area (Å²) in [5.74, 6) is 0.793. The maximum absolute atomic E-state index is 10.9. The van der Waals surface area contributed by atoms with Gasteiger partial charge in [0.15, 0.2) is 0 Å². The van der Waals surface area contributed by atoms with E-state index in [9.17, 15) is 4.79 Å². The molecule has 0 unspecified atom stereocenters. The van der Waals surface area contributed by atoms with Gasteiger partial charge in [0.2, 0.25) is 0 Å². The number of carbonyl (C=O) groups is 1. The Labute approximate surface area is 88.1 Å². The van der Waals surface area contributed by atoms with Crippen LogP contribution in [-0.4, -0.2) is 29.8 Å². The largest absolute Gasteiger partial charge is 0.493 e. The predicted molar refractivity (Wildman–Crippen MR) is 55.1 cm³/mol. The highest BCUT2D eigenvalue weighted by molar-refractivity contribution is 5.65. The number of hydrogen-bond donors (Lipinski definition) is 1. The third-order valence-electron chi connectivity index (χ3n) is 2.70. The molecule has 1 heterocycles. The fourth-order valence-corrected chi connectivity index (χ4v) is 1.86. The first-order chi connectivity index (χ1) is 7.20. The molecular formula is C11H13NO3. The second-order valence-electron chi connectivity index (χ2n) is 3.58. The first-order valence-electron chi connectivity index (χ1n) is 4.87. The smallest absolute Gasteiger partial charge is 0.407 e. The second-order valence-corrected chi connectivity index (χ2v) is 3.58. The van der Waals surface area contributed by atoms with Gasteiger partial charge in [-0.1, -0.05) is 18.2 Å². The van der Waals surface area contributed by atoms with E-state index in [1.54, 1.807) is 7.05 Å². The van der Waals surface area contributed by atoms with Gasteiger partial charge in [0.05, 0.1) is 12.6 Å². The molecule has 15 heavy (non-hydrogen) atoms. The molecule has 1 amide bonds. The summed E-state index contributed by atoms with van der Waals surface area (Å²) in [6.07, 6.45) is -0.198.